The molecule has 2 aliphatic rings. The molecule has 0 spiro atoms. The fraction of sp³-hybridized carbons (Fsp3) is 0.600. The van der Waals surface area contributed by atoms with Crippen LogP contribution in [0.4, 0.5) is 10.1 Å². The molecule has 0 aliphatic carbocycles. The van der Waals surface area contributed by atoms with E-state index < -0.39 is 12.1 Å². The van der Waals surface area contributed by atoms with Crippen LogP contribution < -0.4 is 4.90 Å². The smallest absolute Gasteiger partial charge is 0.335 e. The van der Waals surface area contributed by atoms with E-state index in [1.807, 2.05) is 4.90 Å². The molecular weight excluding hydrogens is 367 g/mol. The predicted molar refractivity (Wildman–Crippen MR) is 101 cm³/mol. The Bertz CT molecular complexity index is 672. The Morgan fingerprint density at radius 1 is 1.25 bits per heavy atom. The van der Waals surface area contributed by atoms with Gasteiger partial charge in [-0.05, 0) is 31.9 Å². The highest BCUT2D eigenvalue weighted by molar-refractivity contribution is 5.82. The van der Waals surface area contributed by atoms with Crippen molar-refractivity contribution in [3.8, 4) is 0 Å². The summed E-state index contributed by atoms with van der Waals surface area (Å²) >= 11 is 0. The lowest BCUT2D eigenvalue weighted by molar-refractivity contribution is -0.162. The summed E-state index contributed by atoms with van der Waals surface area (Å²) in [6, 6.07) is 6.59. The molecule has 154 valence electrons. The molecule has 8 heteroatoms. The first-order valence-electron chi connectivity index (χ1n) is 9.71. The van der Waals surface area contributed by atoms with Crippen molar-refractivity contribution in [3.63, 3.8) is 0 Å². The maximum Gasteiger partial charge on any atom is 0.335 e. The van der Waals surface area contributed by atoms with Crippen molar-refractivity contribution < 1.29 is 28.2 Å². The lowest BCUT2D eigenvalue weighted by Gasteiger charge is -2.36. The molecule has 1 aromatic rings. The number of esters is 1. The van der Waals surface area contributed by atoms with Crippen molar-refractivity contribution in [1.29, 1.82) is 0 Å². The van der Waals surface area contributed by atoms with Gasteiger partial charge in [0.1, 0.15) is 5.82 Å². The fourth-order valence-corrected chi connectivity index (χ4v) is 3.34. The number of carbonyl (C=O) groups excluding carboxylic acids is 2. The molecule has 2 heterocycles. The molecule has 2 fully saturated rings. The zero-order chi connectivity index (χ0) is 19.9. The zero-order valence-corrected chi connectivity index (χ0v) is 16.1. The predicted octanol–water partition coefficient (Wildman–Crippen LogP) is 1.60. The van der Waals surface area contributed by atoms with Crippen molar-refractivity contribution in [3.05, 3.63) is 30.1 Å². The maximum atomic E-state index is 13.9. The average molecular weight is 394 g/mol. The van der Waals surface area contributed by atoms with Gasteiger partial charge in [-0.2, -0.15) is 0 Å². The highest BCUT2D eigenvalue weighted by atomic mass is 19.1. The Balaban J connectivity index is 1.37. The van der Waals surface area contributed by atoms with Crippen LogP contribution >= 0.6 is 0 Å². The van der Waals surface area contributed by atoms with Crippen LogP contribution in [-0.2, 0) is 23.8 Å². The zero-order valence-electron chi connectivity index (χ0n) is 16.1. The van der Waals surface area contributed by atoms with E-state index in [4.69, 9.17) is 14.2 Å². The quantitative estimate of drug-likeness (QED) is 0.655. The van der Waals surface area contributed by atoms with E-state index in [9.17, 15) is 14.0 Å². The molecule has 2 aliphatic heterocycles. The monoisotopic (exact) mass is 394 g/mol. The Morgan fingerprint density at radius 2 is 2.00 bits per heavy atom. The fourth-order valence-electron chi connectivity index (χ4n) is 3.34. The minimum Gasteiger partial charge on any atom is -0.454 e. The second kappa shape index (κ2) is 9.84. The largest absolute Gasteiger partial charge is 0.454 e. The molecule has 1 aromatic carbocycles. The third kappa shape index (κ3) is 5.42. The van der Waals surface area contributed by atoms with E-state index in [0.29, 0.717) is 38.5 Å². The highest BCUT2D eigenvalue weighted by Gasteiger charge is 2.25. The van der Waals surface area contributed by atoms with Crippen LogP contribution in [0.3, 0.4) is 0 Å². The van der Waals surface area contributed by atoms with E-state index in [2.05, 4.69) is 0 Å². The van der Waals surface area contributed by atoms with Gasteiger partial charge in [0.05, 0.1) is 18.4 Å². The lowest BCUT2D eigenvalue weighted by atomic mass is 10.2. The number of carbonyl (C=O) groups is 2. The van der Waals surface area contributed by atoms with E-state index in [0.717, 1.165) is 19.4 Å². The van der Waals surface area contributed by atoms with Gasteiger partial charge in [-0.25, -0.2) is 9.18 Å². The molecule has 0 N–H and O–H groups in total. The van der Waals surface area contributed by atoms with Crippen molar-refractivity contribution in [2.75, 3.05) is 50.9 Å². The number of amides is 1. The Hall–Kier alpha value is -2.19. The number of benzene rings is 1. The Kier molecular flexibility index (Phi) is 7.22. The number of hydrogen-bond donors (Lipinski definition) is 0. The Labute approximate surface area is 164 Å². The molecule has 3 rings (SSSR count). The summed E-state index contributed by atoms with van der Waals surface area (Å²) in [5, 5.41) is 0. The second-order valence-electron chi connectivity index (χ2n) is 7.04. The summed E-state index contributed by atoms with van der Waals surface area (Å²) < 4.78 is 29.9. The molecule has 28 heavy (non-hydrogen) atoms. The molecule has 0 bridgehead atoms. The summed E-state index contributed by atoms with van der Waals surface area (Å²) in [6.45, 7) is 4.34. The first-order chi connectivity index (χ1) is 13.5. The topological polar surface area (TPSA) is 68.3 Å². The van der Waals surface area contributed by atoms with Crippen LogP contribution in [0.2, 0.25) is 0 Å². The molecule has 0 aromatic heterocycles. The molecular formula is C20H27FN2O5. The highest BCUT2D eigenvalue weighted by Crippen LogP contribution is 2.20. The summed E-state index contributed by atoms with van der Waals surface area (Å²) in [4.78, 5) is 27.8. The third-order valence-corrected chi connectivity index (χ3v) is 5.05. The number of para-hydroxylation sites is 1. The number of hydrogen-bond acceptors (Lipinski definition) is 6. The number of piperazine rings is 1. The van der Waals surface area contributed by atoms with E-state index in [1.54, 1.807) is 30.0 Å². The van der Waals surface area contributed by atoms with Gasteiger partial charge >= 0.3 is 5.97 Å². The summed E-state index contributed by atoms with van der Waals surface area (Å²) in [6.07, 6.45) is 1.22. The van der Waals surface area contributed by atoms with Gasteiger partial charge in [0.15, 0.2) is 12.7 Å². The van der Waals surface area contributed by atoms with E-state index in [-0.39, 0.29) is 24.4 Å². The van der Waals surface area contributed by atoms with Crippen molar-refractivity contribution in [2.45, 2.75) is 32.0 Å². The van der Waals surface area contributed by atoms with E-state index in [1.165, 1.54) is 6.07 Å². The lowest BCUT2D eigenvalue weighted by Crippen LogP contribution is -2.50. The number of anilines is 1. The normalized spacial score (nSPS) is 20.9. The number of ether oxygens (including phenoxy) is 3. The van der Waals surface area contributed by atoms with Crippen LogP contribution in [0.5, 0.6) is 0 Å². The third-order valence-electron chi connectivity index (χ3n) is 5.05. The van der Waals surface area contributed by atoms with Crippen LogP contribution in [0.25, 0.3) is 0 Å². The summed E-state index contributed by atoms with van der Waals surface area (Å²) in [7, 11) is 0. The Morgan fingerprint density at radius 3 is 2.68 bits per heavy atom. The minimum absolute atomic E-state index is 0.0302. The van der Waals surface area contributed by atoms with Gasteiger partial charge in [-0.3, -0.25) is 4.79 Å². The van der Waals surface area contributed by atoms with Gasteiger partial charge < -0.3 is 24.0 Å². The van der Waals surface area contributed by atoms with E-state index >= 15 is 0 Å². The molecule has 1 amide bonds. The summed E-state index contributed by atoms with van der Waals surface area (Å²) in [5.41, 5.74) is 0.540. The van der Waals surface area contributed by atoms with Gasteiger partial charge in [0.2, 0.25) is 0 Å². The molecule has 2 atom stereocenters. The first-order valence-corrected chi connectivity index (χ1v) is 9.71. The van der Waals surface area contributed by atoms with Crippen molar-refractivity contribution in [2.24, 2.45) is 0 Å². The first kappa shape index (κ1) is 20.5. The minimum atomic E-state index is -0.741. The number of rotatable bonds is 7. The number of halogens is 1. The molecule has 0 saturated carbocycles. The molecule has 0 radical (unpaired) electrons. The van der Waals surface area contributed by atoms with Crippen molar-refractivity contribution >= 4 is 17.6 Å². The van der Waals surface area contributed by atoms with Gasteiger partial charge in [0, 0.05) is 32.8 Å². The standard InChI is InChI=1S/C20H27FN2O5/c1-15(27-13-16-5-4-12-26-16)20(25)28-14-19(24)23-10-8-22(9-11-23)18-7-3-2-6-17(18)21/h2-3,6-7,15-16H,4-5,8-14H2,1H3. The van der Waals surface area contributed by atoms with Crippen LogP contribution in [0.15, 0.2) is 24.3 Å². The summed E-state index contributed by atoms with van der Waals surface area (Å²) in [5.74, 6) is -1.09. The molecule has 7 nitrogen and oxygen atoms in total. The SMILES string of the molecule is CC(OCC1CCCO1)C(=O)OCC(=O)N1CCN(c2ccccc2F)CC1. The van der Waals surface area contributed by atoms with Gasteiger partial charge in [0.25, 0.3) is 5.91 Å². The average Bonchev–Trinajstić information content (AvgIpc) is 3.24. The van der Waals surface area contributed by atoms with Crippen LogP contribution in [-0.4, -0.2) is 75.0 Å². The second-order valence-corrected chi connectivity index (χ2v) is 7.04. The van der Waals surface area contributed by atoms with Crippen LogP contribution in [0, 0.1) is 5.82 Å². The maximum absolute atomic E-state index is 13.9. The van der Waals surface area contributed by atoms with Crippen molar-refractivity contribution in [1.82, 2.24) is 4.90 Å². The molecule has 2 saturated heterocycles. The molecule has 2 unspecified atom stereocenters. The van der Waals surface area contributed by atoms with Crippen LogP contribution in [0.1, 0.15) is 19.8 Å². The van der Waals surface area contributed by atoms with Gasteiger partial charge in [-0.1, -0.05) is 12.1 Å². The number of nitrogens with zero attached hydrogens (tertiary/aromatic N) is 2. The van der Waals surface area contributed by atoms with Gasteiger partial charge in [-0.15, -0.1) is 0 Å².